The number of carbonyl (C=O) groups excluding carboxylic acids is 1. The van der Waals surface area contributed by atoms with Crippen LogP contribution < -0.4 is 10.9 Å². The van der Waals surface area contributed by atoms with E-state index in [1.165, 1.54) is 7.11 Å². The first-order valence-corrected chi connectivity index (χ1v) is 6.76. The van der Waals surface area contributed by atoms with Crippen molar-refractivity contribution in [2.24, 2.45) is 11.8 Å². The largest absolute Gasteiger partial charge is 0.467 e. The molecule has 6 nitrogen and oxygen atoms in total. The number of carbonyl (C=O) groups is 1. The van der Waals surface area contributed by atoms with Crippen LogP contribution in [-0.4, -0.2) is 28.7 Å². The van der Waals surface area contributed by atoms with Crippen LogP contribution in [0.1, 0.15) is 27.7 Å². The molecule has 1 aromatic heterocycles. The van der Waals surface area contributed by atoms with Crippen LogP contribution in [0.4, 0.5) is 5.82 Å². The first-order valence-electron chi connectivity index (χ1n) is 6.76. The second-order valence-corrected chi connectivity index (χ2v) is 5.52. The van der Waals surface area contributed by atoms with Crippen molar-refractivity contribution in [3.63, 3.8) is 0 Å². The Morgan fingerprint density at radius 3 is 2.55 bits per heavy atom. The highest BCUT2D eigenvalue weighted by Crippen LogP contribution is 2.09. The minimum Gasteiger partial charge on any atom is -0.467 e. The Labute approximate surface area is 119 Å². The number of rotatable bonds is 6. The van der Waals surface area contributed by atoms with Gasteiger partial charge >= 0.3 is 5.97 Å². The van der Waals surface area contributed by atoms with Crippen LogP contribution in [0, 0.1) is 11.8 Å². The average Bonchev–Trinajstić information content (AvgIpc) is 2.38. The van der Waals surface area contributed by atoms with E-state index in [0.29, 0.717) is 12.5 Å². The van der Waals surface area contributed by atoms with Gasteiger partial charge in [0.15, 0.2) is 5.82 Å². The number of hydrogen-bond acceptors (Lipinski definition) is 5. The molecule has 0 aromatic carbocycles. The summed E-state index contributed by atoms with van der Waals surface area (Å²) in [5.74, 6) is 0.115. The lowest BCUT2D eigenvalue weighted by Gasteiger charge is -2.20. The Morgan fingerprint density at radius 2 is 2.05 bits per heavy atom. The van der Waals surface area contributed by atoms with Crippen LogP contribution in [0.15, 0.2) is 17.2 Å². The van der Waals surface area contributed by atoms with E-state index in [4.69, 9.17) is 4.74 Å². The Balaban J connectivity index is 3.02. The molecule has 1 rings (SSSR count). The lowest BCUT2D eigenvalue weighted by Crippen LogP contribution is -2.38. The van der Waals surface area contributed by atoms with Gasteiger partial charge in [0.05, 0.1) is 7.11 Å². The highest BCUT2D eigenvalue weighted by atomic mass is 16.5. The van der Waals surface area contributed by atoms with Crippen molar-refractivity contribution in [1.29, 1.82) is 0 Å². The molecule has 1 heterocycles. The second kappa shape index (κ2) is 7.07. The molecule has 0 saturated heterocycles. The fraction of sp³-hybridized carbons (Fsp3) is 0.643. The summed E-state index contributed by atoms with van der Waals surface area (Å²) < 4.78 is 6.33. The molecular formula is C14H23N3O3. The third kappa shape index (κ3) is 4.08. The van der Waals surface area contributed by atoms with E-state index in [-0.39, 0.29) is 17.3 Å². The number of ether oxygens (including phenoxy) is 1. The molecule has 1 atom stereocenters. The Kier molecular flexibility index (Phi) is 5.73. The van der Waals surface area contributed by atoms with Gasteiger partial charge in [0.1, 0.15) is 6.04 Å². The normalized spacial score (nSPS) is 12.6. The molecule has 20 heavy (non-hydrogen) atoms. The van der Waals surface area contributed by atoms with E-state index in [1.807, 2.05) is 27.7 Å². The highest BCUT2D eigenvalue weighted by molar-refractivity contribution is 5.79. The topological polar surface area (TPSA) is 73.2 Å². The summed E-state index contributed by atoms with van der Waals surface area (Å²) >= 11 is 0. The quantitative estimate of drug-likeness (QED) is 0.800. The van der Waals surface area contributed by atoms with Crippen molar-refractivity contribution in [2.75, 3.05) is 12.4 Å². The molecule has 0 aliphatic carbocycles. The number of nitrogens with zero attached hydrogens (tertiary/aromatic N) is 2. The molecule has 0 bridgehead atoms. The number of esters is 1. The van der Waals surface area contributed by atoms with E-state index in [2.05, 4.69) is 10.3 Å². The fourth-order valence-electron chi connectivity index (χ4n) is 1.86. The van der Waals surface area contributed by atoms with Crippen molar-refractivity contribution in [2.45, 2.75) is 40.3 Å². The van der Waals surface area contributed by atoms with Crippen LogP contribution in [0.3, 0.4) is 0 Å². The van der Waals surface area contributed by atoms with E-state index >= 15 is 0 Å². The van der Waals surface area contributed by atoms with Crippen LogP contribution in [0.2, 0.25) is 0 Å². The van der Waals surface area contributed by atoms with Gasteiger partial charge in [-0.05, 0) is 11.8 Å². The molecular weight excluding hydrogens is 258 g/mol. The Hall–Kier alpha value is -1.85. The van der Waals surface area contributed by atoms with Crippen molar-refractivity contribution in [1.82, 2.24) is 9.55 Å². The summed E-state index contributed by atoms with van der Waals surface area (Å²) in [4.78, 5) is 28.0. The zero-order valence-electron chi connectivity index (χ0n) is 12.7. The third-order valence-electron chi connectivity index (χ3n) is 2.89. The first-order chi connectivity index (χ1) is 9.36. The van der Waals surface area contributed by atoms with Gasteiger partial charge in [0, 0.05) is 18.9 Å². The molecule has 1 N–H and O–H groups in total. The second-order valence-electron chi connectivity index (χ2n) is 5.52. The van der Waals surface area contributed by atoms with Crippen molar-refractivity contribution >= 4 is 11.8 Å². The monoisotopic (exact) mass is 281 g/mol. The number of aromatic nitrogens is 2. The maximum absolute atomic E-state index is 12.3. The van der Waals surface area contributed by atoms with Gasteiger partial charge in [-0.2, -0.15) is 0 Å². The summed E-state index contributed by atoms with van der Waals surface area (Å²) in [5.41, 5.74) is -0.226. The maximum Gasteiger partial charge on any atom is 0.328 e. The predicted molar refractivity (Wildman–Crippen MR) is 77.6 cm³/mol. The van der Waals surface area contributed by atoms with E-state index in [1.54, 1.807) is 17.0 Å². The van der Waals surface area contributed by atoms with E-state index < -0.39 is 12.0 Å². The van der Waals surface area contributed by atoms with Gasteiger partial charge in [-0.1, -0.05) is 27.7 Å². The molecule has 0 amide bonds. The average molecular weight is 281 g/mol. The molecule has 0 spiro atoms. The molecule has 0 saturated carbocycles. The molecule has 1 aromatic rings. The van der Waals surface area contributed by atoms with Gasteiger partial charge in [-0.3, -0.25) is 4.79 Å². The van der Waals surface area contributed by atoms with Crippen molar-refractivity contribution in [3.05, 3.63) is 22.7 Å². The van der Waals surface area contributed by atoms with Gasteiger partial charge < -0.3 is 14.6 Å². The lowest BCUT2D eigenvalue weighted by molar-refractivity contribution is -0.142. The minimum absolute atomic E-state index is 0.0117. The molecule has 0 aliphatic heterocycles. The summed E-state index contributed by atoms with van der Waals surface area (Å²) in [6, 6.07) is -0.588. The smallest absolute Gasteiger partial charge is 0.328 e. The molecule has 0 aliphatic rings. The Morgan fingerprint density at radius 1 is 1.40 bits per heavy atom. The van der Waals surface area contributed by atoms with Crippen LogP contribution >= 0.6 is 0 Å². The highest BCUT2D eigenvalue weighted by Gasteiger charge is 2.24. The van der Waals surface area contributed by atoms with Crippen LogP contribution in [-0.2, 0) is 16.1 Å². The summed E-state index contributed by atoms with van der Waals surface area (Å²) in [7, 11) is 1.33. The van der Waals surface area contributed by atoms with E-state index in [0.717, 1.165) is 0 Å². The fourth-order valence-corrected chi connectivity index (χ4v) is 1.86. The van der Waals surface area contributed by atoms with Crippen molar-refractivity contribution in [3.8, 4) is 0 Å². The molecule has 0 radical (unpaired) electrons. The van der Waals surface area contributed by atoms with Crippen LogP contribution in [0.5, 0.6) is 0 Å². The van der Waals surface area contributed by atoms with Gasteiger partial charge in [-0.15, -0.1) is 0 Å². The number of hydrogen-bond donors (Lipinski definition) is 1. The summed E-state index contributed by atoms with van der Waals surface area (Å²) in [6.07, 6.45) is 3.21. The molecule has 6 heteroatoms. The molecule has 0 fully saturated rings. The predicted octanol–water partition coefficient (Wildman–Crippen LogP) is 1.51. The van der Waals surface area contributed by atoms with Gasteiger partial charge in [0.2, 0.25) is 0 Å². The van der Waals surface area contributed by atoms with Crippen molar-refractivity contribution < 1.29 is 9.53 Å². The lowest BCUT2D eigenvalue weighted by atomic mass is 10.1. The van der Waals surface area contributed by atoms with Gasteiger partial charge in [-0.25, -0.2) is 9.78 Å². The minimum atomic E-state index is -0.588. The maximum atomic E-state index is 12.3. The number of anilines is 1. The summed E-state index contributed by atoms with van der Waals surface area (Å²) in [5, 5.41) is 2.89. The standard InChI is InChI=1S/C14H23N3O3/c1-9(2)8-17-7-6-15-12(13(17)18)16-11(10(3)4)14(19)20-5/h6-7,9-11H,8H2,1-5H3,(H,15,16). The zero-order chi connectivity index (χ0) is 15.3. The SMILES string of the molecule is COC(=O)C(Nc1nccn(CC(C)C)c1=O)C(C)C. The number of methoxy groups -OCH3 is 1. The zero-order valence-corrected chi connectivity index (χ0v) is 12.7. The first kappa shape index (κ1) is 16.2. The molecule has 1 unspecified atom stereocenters. The molecule has 112 valence electrons. The summed E-state index contributed by atoms with van der Waals surface area (Å²) in [6.45, 7) is 8.44. The number of nitrogens with one attached hydrogen (secondary N) is 1. The van der Waals surface area contributed by atoms with Gasteiger partial charge in [0.25, 0.3) is 5.56 Å². The van der Waals surface area contributed by atoms with E-state index in [9.17, 15) is 9.59 Å². The van der Waals surface area contributed by atoms with Crippen LogP contribution in [0.25, 0.3) is 0 Å². The Bertz CT molecular complexity index is 509. The third-order valence-corrected chi connectivity index (χ3v) is 2.89.